The van der Waals surface area contributed by atoms with Gasteiger partial charge in [0.05, 0.1) is 0 Å². The molecule has 1 aliphatic rings. The average Bonchev–Trinajstić information content (AvgIpc) is 2.17. The third kappa shape index (κ3) is 3.37. The summed E-state index contributed by atoms with van der Waals surface area (Å²) < 4.78 is 0. The van der Waals surface area contributed by atoms with Crippen LogP contribution in [-0.4, -0.2) is 18.0 Å². The van der Waals surface area contributed by atoms with Crippen molar-refractivity contribution < 1.29 is 0 Å². The molecule has 15 heavy (non-hydrogen) atoms. The summed E-state index contributed by atoms with van der Waals surface area (Å²) in [5.74, 6) is 0. The summed E-state index contributed by atoms with van der Waals surface area (Å²) in [6.45, 7) is 3.37. The van der Waals surface area contributed by atoms with Crippen LogP contribution >= 0.6 is 23.2 Å². The molecule has 0 atom stereocenters. The highest BCUT2D eigenvalue weighted by molar-refractivity contribution is 6.34. The van der Waals surface area contributed by atoms with Gasteiger partial charge in [0, 0.05) is 16.6 Å². The van der Waals surface area contributed by atoms with E-state index in [4.69, 9.17) is 23.2 Å². The molecule has 0 aromatic heterocycles. The van der Waals surface area contributed by atoms with Crippen molar-refractivity contribution in [1.29, 1.82) is 0 Å². The Morgan fingerprint density at radius 2 is 1.53 bits per heavy atom. The molecule has 0 amide bonds. The van der Waals surface area contributed by atoms with E-state index in [0.29, 0.717) is 0 Å². The van der Waals surface area contributed by atoms with Gasteiger partial charge in [-0.05, 0) is 49.7 Å². The van der Waals surface area contributed by atoms with E-state index in [1.54, 1.807) is 6.07 Å². The summed E-state index contributed by atoms with van der Waals surface area (Å²) in [5.41, 5.74) is 1.22. The number of likely N-dealkylation sites (tertiary alicyclic amines) is 1. The fourth-order valence-corrected chi connectivity index (χ4v) is 2.65. The maximum Gasteiger partial charge on any atom is 0.0424 e. The van der Waals surface area contributed by atoms with Gasteiger partial charge in [-0.15, -0.1) is 0 Å². The Hall–Kier alpha value is -0.240. The van der Waals surface area contributed by atoms with Gasteiger partial charge in [0.2, 0.25) is 0 Å². The predicted molar refractivity (Wildman–Crippen MR) is 65.6 cm³/mol. The predicted octanol–water partition coefficient (Wildman–Crippen LogP) is 3.98. The quantitative estimate of drug-likeness (QED) is 0.760. The standard InChI is InChI=1S/C12H15Cl2N/c13-11-6-10(7-12(14)8-11)9-15-4-2-1-3-5-15/h6-8H,1-5,9H2. The monoisotopic (exact) mass is 243 g/mol. The number of halogens is 2. The van der Waals surface area contributed by atoms with Crippen molar-refractivity contribution in [3.8, 4) is 0 Å². The lowest BCUT2D eigenvalue weighted by molar-refractivity contribution is 0.221. The second kappa shape index (κ2) is 5.20. The van der Waals surface area contributed by atoms with Crippen LogP contribution in [0.5, 0.6) is 0 Å². The van der Waals surface area contributed by atoms with E-state index in [2.05, 4.69) is 4.90 Å². The molecule has 1 aliphatic heterocycles. The minimum Gasteiger partial charge on any atom is -0.299 e. The molecule has 0 saturated carbocycles. The molecule has 1 saturated heterocycles. The second-order valence-electron chi connectivity index (χ2n) is 4.11. The Labute approximate surface area is 101 Å². The highest BCUT2D eigenvalue weighted by atomic mass is 35.5. The first-order valence-corrected chi connectivity index (χ1v) is 6.17. The number of benzene rings is 1. The fourth-order valence-electron chi connectivity index (χ4n) is 2.08. The SMILES string of the molecule is Clc1cc(Cl)cc(CN2CCCCC2)c1. The van der Waals surface area contributed by atoms with E-state index in [0.717, 1.165) is 16.6 Å². The lowest BCUT2D eigenvalue weighted by Crippen LogP contribution is -2.29. The molecule has 1 aromatic rings. The first-order valence-electron chi connectivity index (χ1n) is 5.41. The summed E-state index contributed by atoms with van der Waals surface area (Å²) in [5, 5.41) is 1.46. The van der Waals surface area contributed by atoms with Crippen LogP contribution in [-0.2, 0) is 6.54 Å². The lowest BCUT2D eigenvalue weighted by Gasteiger charge is -2.26. The van der Waals surface area contributed by atoms with E-state index in [1.807, 2.05) is 12.1 Å². The van der Waals surface area contributed by atoms with Gasteiger partial charge in [0.1, 0.15) is 0 Å². The largest absolute Gasteiger partial charge is 0.299 e. The number of hydrogen-bond acceptors (Lipinski definition) is 1. The van der Waals surface area contributed by atoms with E-state index in [-0.39, 0.29) is 0 Å². The van der Waals surface area contributed by atoms with E-state index in [1.165, 1.54) is 37.9 Å². The minimum absolute atomic E-state index is 0.731. The maximum absolute atomic E-state index is 5.96. The molecule has 1 fully saturated rings. The number of nitrogens with zero attached hydrogens (tertiary/aromatic N) is 1. The molecular weight excluding hydrogens is 229 g/mol. The van der Waals surface area contributed by atoms with Gasteiger partial charge >= 0.3 is 0 Å². The lowest BCUT2D eigenvalue weighted by atomic mass is 10.1. The van der Waals surface area contributed by atoms with Crippen LogP contribution in [0.2, 0.25) is 10.0 Å². The molecule has 1 nitrogen and oxygen atoms in total. The molecule has 0 radical (unpaired) electrons. The number of rotatable bonds is 2. The summed E-state index contributed by atoms with van der Waals surface area (Å²) in [6, 6.07) is 5.78. The van der Waals surface area contributed by atoms with Gasteiger partial charge in [0.15, 0.2) is 0 Å². The highest BCUT2D eigenvalue weighted by Crippen LogP contribution is 2.21. The molecular formula is C12H15Cl2N. The van der Waals surface area contributed by atoms with Gasteiger partial charge in [-0.3, -0.25) is 4.90 Å². The fraction of sp³-hybridized carbons (Fsp3) is 0.500. The molecule has 0 aliphatic carbocycles. The summed E-state index contributed by atoms with van der Waals surface area (Å²) in [7, 11) is 0. The van der Waals surface area contributed by atoms with Crippen molar-refractivity contribution in [2.75, 3.05) is 13.1 Å². The van der Waals surface area contributed by atoms with Crippen LogP contribution in [0.25, 0.3) is 0 Å². The normalized spacial score (nSPS) is 18.0. The van der Waals surface area contributed by atoms with Crippen LogP contribution in [0.1, 0.15) is 24.8 Å². The number of hydrogen-bond donors (Lipinski definition) is 0. The van der Waals surface area contributed by atoms with Crippen molar-refractivity contribution in [3.05, 3.63) is 33.8 Å². The maximum atomic E-state index is 5.96. The van der Waals surface area contributed by atoms with E-state index >= 15 is 0 Å². The molecule has 1 heterocycles. The topological polar surface area (TPSA) is 3.24 Å². The molecule has 0 spiro atoms. The Balaban J connectivity index is 2.02. The Morgan fingerprint density at radius 1 is 0.933 bits per heavy atom. The van der Waals surface area contributed by atoms with Crippen molar-refractivity contribution in [3.63, 3.8) is 0 Å². The summed E-state index contributed by atoms with van der Waals surface area (Å²) in [6.07, 6.45) is 4.00. The summed E-state index contributed by atoms with van der Waals surface area (Å²) >= 11 is 11.9. The van der Waals surface area contributed by atoms with Crippen LogP contribution in [0.3, 0.4) is 0 Å². The van der Waals surface area contributed by atoms with Crippen LogP contribution < -0.4 is 0 Å². The van der Waals surface area contributed by atoms with Crippen LogP contribution in [0.4, 0.5) is 0 Å². The van der Waals surface area contributed by atoms with Gasteiger partial charge in [-0.2, -0.15) is 0 Å². The molecule has 0 bridgehead atoms. The van der Waals surface area contributed by atoms with E-state index in [9.17, 15) is 0 Å². The first-order chi connectivity index (χ1) is 7.24. The molecule has 3 heteroatoms. The minimum atomic E-state index is 0.731. The van der Waals surface area contributed by atoms with Crippen molar-refractivity contribution in [2.45, 2.75) is 25.8 Å². The Kier molecular flexibility index (Phi) is 3.90. The first kappa shape index (κ1) is 11.3. The Morgan fingerprint density at radius 3 is 2.13 bits per heavy atom. The van der Waals surface area contributed by atoms with Crippen molar-refractivity contribution >= 4 is 23.2 Å². The van der Waals surface area contributed by atoms with E-state index < -0.39 is 0 Å². The third-order valence-corrected chi connectivity index (χ3v) is 3.21. The Bertz CT molecular complexity index is 312. The van der Waals surface area contributed by atoms with Gasteiger partial charge in [-0.25, -0.2) is 0 Å². The zero-order valence-corrected chi connectivity index (χ0v) is 10.2. The van der Waals surface area contributed by atoms with Gasteiger partial charge in [0.25, 0.3) is 0 Å². The molecule has 2 rings (SSSR count). The smallest absolute Gasteiger partial charge is 0.0424 e. The zero-order valence-electron chi connectivity index (χ0n) is 8.68. The zero-order chi connectivity index (χ0) is 10.7. The molecule has 0 unspecified atom stereocenters. The van der Waals surface area contributed by atoms with Crippen molar-refractivity contribution in [2.24, 2.45) is 0 Å². The van der Waals surface area contributed by atoms with Crippen LogP contribution in [0.15, 0.2) is 18.2 Å². The third-order valence-electron chi connectivity index (χ3n) is 2.78. The van der Waals surface area contributed by atoms with Gasteiger partial charge in [-0.1, -0.05) is 29.6 Å². The van der Waals surface area contributed by atoms with Crippen molar-refractivity contribution in [1.82, 2.24) is 4.90 Å². The second-order valence-corrected chi connectivity index (χ2v) is 4.99. The van der Waals surface area contributed by atoms with Gasteiger partial charge < -0.3 is 0 Å². The van der Waals surface area contributed by atoms with Crippen LogP contribution in [0, 0.1) is 0 Å². The number of piperidine rings is 1. The summed E-state index contributed by atoms with van der Waals surface area (Å²) in [4.78, 5) is 2.46. The average molecular weight is 244 g/mol. The molecule has 82 valence electrons. The molecule has 1 aromatic carbocycles. The molecule has 0 N–H and O–H groups in total. The highest BCUT2D eigenvalue weighted by Gasteiger charge is 2.10.